The lowest BCUT2D eigenvalue weighted by Crippen LogP contribution is -2.09. The third-order valence-electron chi connectivity index (χ3n) is 3.72. The van der Waals surface area contributed by atoms with E-state index in [4.69, 9.17) is 9.15 Å². The van der Waals surface area contributed by atoms with Crippen LogP contribution < -0.4 is 15.5 Å². The molecule has 0 radical (unpaired) electrons. The summed E-state index contributed by atoms with van der Waals surface area (Å²) < 4.78 is 10.9. The summed E-state index contributed by atoms with van der Waals surface area (Å²) in [5, 5.41) is 3.22. The predicted molar refractivity (Wildman–Crippen MR) is 102 cm³/mol. The van der Waals surface area contributed by atoms with E-state index in [0.717, 1.165) is 12.2 Å². The zero-order chi connectivity index (χ0) is 18.4. The molecule has 3 rings (SSSR count). The summed E-state index contributed by atoms with van der Waals surface area (Å²) in [6, 6.07) is 14.1. The molecule has 5 heteroatoms. The Kier molecular flexibility index (Phi) is 5.49. The van der Waals surface area contributed by atoms with Gasteiger partial charge < -0.3 is 14.5 Å². The van der Waals surface area contributed by atoms with Crippen LogP contribution in [0, 0.1) is 0 Å². The van der Waals surface area contributed by atoms with Gasteiger partial charge in [-0.2, -0.15) is 0 Å². The fourth-order valence-electron chi connectivity index (χ4n) is 2.41. The van der Waals surface area contributed by atoms with Gasteiger partial charge in [0, 0.05) is 11.8 Å². The highest BCUT2D eigenvalue weighted by Gasteiger charge is 2.05. The predicted octanol–water partition coefficient (Wildman–Crippen LogP) is 4.23. The first kappa shape index (κ1) is 17.5. The van der Waals surface area contributed by atoms with Crippen LogP contribution in [0.4, 0.5) is 5.69 Å². The average molecular weight is 349 g/mol. The van der Waals surface area contributed by atoms with Crippen molar-refractivity contribution in [1.82, 2.24) is 0 Å². The Hall–Kier alpha value is -3.34. The van der Waals surface area contributed by atoms with Crippen LogP contribution in [0.25, 0.3) is 17.0 Å². The molecular weight excluding hydrogens is 330 g/mol. The molecule has 3 aromatic rings. The van der Waals surface area contributed by atoms with E-state index >= 15 is 0 Å². The van der Waals surface area contributed by atoms with Crippen molar-refractivity contribution in [2.45, 2.75) is 13.3 Å². The molecule has 1 aromatic heterocycles. The van der Waals surface area contributed by atoms with Gasteiger partial charge in [0.2, 0.25) is 5.91 Å². The molecule has 0 spiro atoms. The topological polar surface area (TPSA) is 68.5 Å². The fraction of sp³-hybridized carbons (Fsp3) is 0.143. The minimum absolute atomic E-state index is 0.173. The van der Waals surface area contributed by atoms with Crippen LogP contribution in [0.1, 0.15) is 18.9 Å². The van der Waals surface area contributed by atoms with Gasteiger partial charge in [-0.25, -0.2) is 0 Å². The average Bonchev–Trinajstić information content (AvgIpc) is 2.67. The van der Waals surface area contributed by atoms with Crippen molar-refractivity contribution in [3.63, 3.8) is 0 Å². The van der Waals surface area contributed by atoms with Crippen LogP contribution in [0.5, 0.6) is 5.75 Å². The smallest absolute Gasteiger partial charge is 0.248 e. The zero-order valence-electron chi connectivity index (χ0n) is 14.4. The summed E-state index contributed by atoms with van der Waals surface area (Å²) >= 11 is 0. The lowest BCUT2D eigenvalue weighted by molar-refractivity contribution is -0.111. The summed E-state index contributed by atoms with van der Waals surface area (Å²) in [5.74, 6) is 0.425. The minimum Gasteiger partial charge on any atom is -0.494 e. The van der Waals surface area contributed by atoms with Gasteiger partial charge >= 0.3 is 0 Å². The Balaban J connectivity index is 1.68. The number of para-hydroxylation sites is 1. The number of carbonyl (C=O) groups is 1. The molecule has 0 aliphatic carbocycles. The monoisotopic (exact) mass is 349 g/mol. The van der Waals surface area contributed by atoms with Crippen LogP contribution in [-0.4, -0.2) is 12.5 Å². The van der Waals surface area contributed by atoms with Gasteiger partial charge in [0.05, 0.1) is 17.6 Å². The van der Waals surface area contributed by atoms with Gasteiger partial charge in [0.1, 0.15) is 17.6 Å². The summed E-state index contributed by atoms with van der Waals surface area (Å²) in [6.45, 7) is 2.69. The molecule has 0 atom stereocenters. The molecule has 0 bridgehead atoms. The molecule has 5 nitrogen and oxygen atoms in total. The van der Waals surface area contributed by atoms with Gasteiger partial charge in [0.25, 0.3) is 0 Å². The van der Waals surface area contributed by atoms with Crippen molar-refractivity contribution in [3.05, 3.63) is 76.7 Å². The Morgan fingerprint density at radius 3 is 2.69 bits per heavy atom. The van der Waals surface area contributed by atoms with E-state index in [2.05, 4.69) is 5.32 Å². The lowest BCUT2D eigenvalue weighted by Gasteiger charge is -2.06. The number of benzene rings is 2. The van der Waals surface area contributed by atoms with Crippen molar-refractivity contribution in [2.75, 3.05) is 11.9 Å². The number of rotatable bonds is 6. The van der Waals surface area contributed by atoms with E-state index in [1.54, 1.807) is 48.5 Å². The van der Waals surface area contributed by atoms with E-state index in [-0.39, 0.29) is 11.3 Å². The minimum atomic E-state index is -0.334. The summed E-state index contributed by atoms with van der Waals surface area (Å²) in [4.78, 5) is 24.4. The second-order valence-electron chi connectivity index (χ2n) is 5.71. The van der Waals surface area contributed by atoms with E-state index < -0.39 is 0 Å². The van der Waals surface area contributed by atoms with Crippen LogP contribution in [0.2, 0.25) is 0 Å². The quantitative estimate of drug-likeness (QED) is 0.676. The van der Waals surface area contributed by atoms with Gasteiger partial charge in [-0.3, -0.25) is 9.59 Å². The molecular formula is C21H19NO4. The maximum Gasteiger partial charge on any atom is 0.248 e. The molecule has 0 fully saturated rings. The molecule has 0 aliphatic heterocycles. The second kappa shape index (κ2) is 8.16. The largest absolute Gasteiger partial charge is 0.494 e. The molecule has 132 valence electrons. The Bertz CT molecular complexity index is 987. The Morgan fingerprint density at radius 2 is 1.92 bits per heavy atom. The number of amides is 1. The number of nitrogens with one attached hydrogen (secondary N) is 1. The van der Waals surface area contributed by atoms with E-state index in [1.165, 1.54) is 18.4 Å². The van der Waals surface area contributed by atoms with Crippen molar-refractivity contribution in [1.29, 1.82) is 0 Å². The van der Waals surface area contributed by atoms with Gasteiger partial charge in [-0.05, 0) is 48.9 Å². The van der Waals surface area contributed by atoms with Gasteiger partial charge in [-0.1, -0.05) is 19.1 Å². The first-order valence-corrected chi connectivity index (χ1v) is 8.40. The lowest BCUT2D eigenvalue weighted by atomic mass is 10.1. The normalized spacial score (nSPS) is 11.0. The molecule has 0 unspecified atom stereocenters. The summed E-state index contributed by atoms with van der Waals surface area (Å²) in [7, 11) is 0. The number of hydrogen-bond acceptors (Lipinski definition) is 4. The first-order valence-electron chi connectivity index (χ1n) is 8.40. The highest BCUT2D eigenvalue weighted by Crippen LogP contribution is 2.16. The SMILES string of the molecule is CCCOc1ccc(NC(=O)/C=C/c2coc3ccccc3c2=O)cc1. The van der Waals surface area contributed by atoms with Gasteiger partial charge in [0.15, 0.2) is 5.43 Å². The zero-order valence-corrected chi connectivity index (χ0v) is 14.4. The van der Waals surface area contributed by atoms with Crippen LogP contribution >= 0.6 is 0 Å². The van der Waals surface area contributed by atoms with Crippen molar-refractivity contribution in [3.8, 4) is 5.75 Å². The maximum atomic E-state index is 12.4. The third kappa shape index (κ3) is 4.19. The van der Waals surface area contributed by atoms with Crippen LogP contribution in [-0.2, 0) is 4.79 Å². The molecule has 0 aliphatic rings. The molecule has 0 saturated carbocycles. The number of carbonyl (C=O) groups excluding carboxylic acids is 1. The highest BCUT2D eigenvalue weighted by atomic mass is 16.5. The van der Waals surface area contributed by atoms with Crippen LogP contribution in [0.15, 0.2) is 70.1 Å². The first-order chi connectivity index (χ1) is 12.7. The molecule has 1 N–H and O–H groups in total. The van der Waals surface area contributed by atoms with Crippen molar-refractivity contribution in [2.24, 2.45) is 0 Å². The maximum absolute atomic E-state index is 12.4. The third-order valence-corrected chi connectivity index (χ3v) is 3.72. The summed E-state index contributed by atoms with van der Waals surface area (Å²) in [5.41, 5.74) is 1.31. The molecule has 26 heavy (non-hydrogen) atoms. The number of hydrogen-bond donors (Lipinski definition) is 1. The van der Waals surface area contributed by atoms with Crippen LogP contribution in [0.3, 0.4) is 0 Å². The Morgan fingerprint density at radius 1 is 1.15 bits per heavy atom. The Labute approximate surface area is 150 Å². The number of fused-ring (bicyclic) bond motifs is 1. The van der Waals surface area contributed by atoms with Crippen molar-refractivity contribution < 1.29 is 13.9 Å². The van der Waals surface area contributed by atoms with E-state index in [1.807, 2.05) is 6.92 Å². The van der Waals surface area contributed by atoms with E-state index in [9.17, 15) is 9.59 Å². The number of ether oxygens (including phenoxy) is 1. The second-order valence-corrected chi connectivity index (χ2v) is 5.71. The summed E-state index contributed by atoms with van der Waals surface area (Å²) in [6.07, 6.45) is 5.05. The fourth-order valence-corrected chi connectivity index (χ4v) is 2.41. The molecule has 1 amide bonds. The molecule has 0 saturated heterocycles. The van der Waals surface area contributed by atoms with E-state index in [0.29, 0.717) is 28.8 Å². The standard InChI is InChI=1S/C21H19NO4/c1-2-13-25-17-10-8-16(9-11-17)22-20(23)12-7-15-14-26-19-6-4-3-5-18(19)21(15)24/h3-12,14H,2,13H2,1H3,(H,22,23)/b12-7+. The van der Waals surface area contributed by atoms with Gasteiger partial charge in [-0.15, -0.1) is 0 Å². The highest BCUT2D eigenvalue weighted by molar-refractivity contribution is 6.02. The molecule has 1 heterocycles. The van der Waals surface area contributed by atoms with Crippen molar-refractivity contribution >= 4 is 28.6 Å². The number of anilines is 1. The molecule has 2 aromatic carbocycles.